The summed E-state index contributed by atoms with van der Waals surface area (Å²) in [5.74, 6) is 1.19. The Kier molecular flexibility index (Phi) is 7.26. The lowest BCUT2D eigenvalue weighted by Gasteiger charge is -2.09. The van der Waals surface area contributed by atoms with Gasteiger partial charge in [0.05, 0.1) is 11.4 Å². The third-order valence-electron chi connectivity index (χ3n) is 3.87. The number of thioether (sulfide) groups is 1. The second-order valence-corrected chi connectivity index (χ2v) is 7.27. The van der Waals surface area contributed by atoms with Gasteiger partial charge in [0.1, 0.15) is 5.76 Å². The van der Waals surface area contributed by atoms with Crippen molar-refractivity contribution in [3.8, 4) is 0 Å². The predicted molar refractivity (Wildman–Crippen MR) is 102 cm³/mol. The first-order valence-electron chi connectivity index (χ1n) is 8.41. The molecular formula is C19H24N2O4S. The third-order valence-corrected chi connectivity index (χ3v) is 4.81. The largest absolute Gasteiger partial charge is 0.455 e. The van der Waals surface area contributed by atoms with Crippen LogP contribution < -0.4 is 5.32 Å². The van der Waals surface area contributed by atoms with Gasteiger partial charge in [0.2, 0.25) is 0 Å². The summed E-state index contributed by atoms with van der Waals surface area (Å²) in [6.45, 7) is 7.62. The zero-order chi connectivity index (χ0) is 19.1. The normalized spacial score (nSPS) is 10.8. The molecule has 26 heavy (non-hydrogen) atoms. The number of hydrogen-bond acceptors (Lipinski definition) is 6. The molecule has 0 saturated heterocycles. The van der Waals surface area contributed by atoms with Crippen LogP contribution in [-0.4, -0.2) is 29.4 Å². The van der Waals surface area contributed by atoms with Crippen LogP contribution in [0.1, 0.15) is 42.3 Å². The summed E-state index contributed by atoms with van der Waals surface area (Å²) in [6.07, 6.45) is 0. The van der Waals surface area contributed by atoms with Gasteiger partial charge >= 0.3 is 5.97 Å². The Balaban J connectivity index is 1.69. The van der Waals surface area contributed by atoms with E-state index in [1.54, 1.807) is 0 Å². The molecule has 2 rings (SSSR count). The van der Waals surface area contributed by atoms with Crippen molar-refractivity contribution in [1.82, 2.24) is 5.16 Å². The molecule has 0 fully saturated rings. The molecule has 0 bridgehead atoms. The summed E-state index contributed by atoms with van der Waals surface area (Å²) in [7, 11) is 0. The maximum atomic E-state index is 11.9. The maximum Gasteiger partial charge on any atom is 0.316 e. The summed E-state index contributed by atoms with van der Waals surface area (Å²) in [5, 5.41) is 6.58. The van der Waals surface area contributed by atoms with Crippen LogP contribution in [0.15, 0.2) is 28.8 Å². The molecule has 0 unspecified atom stereocenters. The van der Waals surface area contributed by atoms with Crippen LogP contribution in [0.25, 0.3) is 0 Å². The van der Waals surface area contributed by atoms with Gasteiger partial charge in [-0.1, -0.05) is 31.1 Å². The molecule has 2 aromatic rings. The van der Waals surface area contributed by atoms with Crippen LogP contribution in [0.4, 0.5) is 5.69 Å². The van der Waals surface area contributed by atoms with Crippen LogP contribution in [0.5, 0.6) is 0 Å². The topological polar surface area (TPSA) is 81.4 Å². The molecule has 0 saturated carbocycles. The lowest BCUT2D eigenvalue weighted by atomic mass is 10.0. The molecular weight excluding hydrogens is 352 g/mol. The standard InChI is InChI=1S/C19H24N2O4S/c1-12(2)15-5-7-16(8-6-15)20-18(22)9-24-19(23)11-26-10-17-13(3)21-25-14(17)4/h5-8,12H,9-11H2,1-4H3,(H,20,22). The molecule has 0 spiro atoms. The van der Waals surface area contributed by atoms with E-state index < -0.39 is 5.97 Å². The van der Waals surface area contributed by atoms with E-state index >= 15 is 0 Å². The van der Waals surface area contributed by atoms with Crippen LogP contribution in [0.3, 0.4) is 0 Å². The molecule has 0 aliphatic rings. The smallest absolute Gasteiger partial charge is 0.316 e. The van der Waals surface area contributed by atoms with Crippen LogP contribution in [0, 0.1) is 13.8 Å². The Labute approximate surface area is 157 Å². The Morgan fingerprint density at radius 3 is 2.50 bits per heavy atom. The first-order chi connectivity index (χ1) is 12.4. The summed E-state index contributed by atoms with van der Waals surface area (Å²) >= 11 is 1.40. The first-order valence-corrected chi connectivity index (χ1v) is 9.57. The summed E-state index contributed by atoms with van der Waals surface area (Å²) in [5.41, 5.74) is 3.70. The summed E-state index contributed by atoms with van der Waals surface area (Å²) in [4.78, 5) is 23.6. The molecule has 140 valence electrons. The highest BCUT2D eigenvalue weighted by molar-refractivity contribution is 7.99. The van der Waals surface area contributed by atoms with Gasteiger partial charge in [-0.15, -0.1) is 11.8 Å². The maximum absolute atomic E-state index is 11.9. The van der Waals surface area contributed by atoms with Crippen molar-refractivity contribution in [3.63, 3.8) is 0 Å². The van der Waals surface area contributed by atoms with Crippen molar-refractivity contribution in [2.45, 2.75) is 39.4 Å². The molecule has 1 aromatic heterocycles. The number of benzene rings is 1. The lowest BCUT2D eigenvalue weighted by Crippen LogP contribution is -2.21. The fraction of sp³-hybridized carbons (Fsp3) is 0.421. The van der Waals surface area contributed by atoms with Crippen LogP contribution in [0.2, 0.25) is 0 Å². The monoisotopic (exact) mass is 376 g/mol. The number of nitrogens with zero attached hydrogens (tertiary/aromatic N) is 1. The molecule has 0 radical (unpaired) electrons. The summed E-state index contributed by atoms with van der Waals surface area (Å²) in [6, 6.07) is 7.62. The van der Waals surface area contributed by atoms with Gasteiger partial charge in [-0.3, -0.25) is 9.59 Å². The number of amides is 1. The van der Waals surface area contributed by atoms with Crippen molar-refractivity contribution in [2.24, 2.45) is 0 Å². The molecule has 1 N–H and O–H groups in total. The van der Waals surface area contributed by atoms with Crippen LogP contribution in [-0.2, 0) is 20.1 Å². The van der Waals surface area contributed by atoms with Crippen molar-refractivity contribution in [3.05, 3.63) is 46.8 Å². The van der Waals surface area contributed by atoms with Gasteiger partial charge in [0.25, 0.3) is 5.91 Å². The first kappa shape index (κ1) is 20.0. The van der Waals surface area contributed by atoms with Crippen molar-refractivity contribution in [2.75, 3.05) is 17.7 Å². The fourth-order valence-corrected chi connectivity index (χ4v) is 3.25. The number of aryl methyl sites for hydroxylation is 2. The average molecular weight is 376 g/mol. The Hall–Kier alpha value is -2.28. The minimum Gasteiger partial charge on any atom is -0.455 e. The van der Waals surface area contributed by atoms with Gasteiger partial charge in [-0.2, -0.15) is 0 Å². The van der Waals surface area contributed by atoms with Crippen molar-refractivity contribution in [1.29, 1.82) is 0 Å². The minimum absolute atomic E-state index is 0.167. The predicted octanol–water partition coefficient (Wildman–Crippen LogP) is 3.83. The van der Waals surface area contributed by atoms with E-state index in [2.05, 4.69) is 24.3 Å². The highest BCUT2D eigenvalue weighted by Crippen LogP contribution is 2.19. The SMILES string of the molecule is Cc1noc(C)c1CSCC(=O)OCC(=O)Nc1ccc(C(C)C)cc1. The third kappa shape index (κ3) is 5.91. The van der Waals surface area contributed by atoms with Crippen molar-refractivity contribution >= 4 is 29.3 Å². The van der Waals surface area contributed by atoms with Gasteiger partial charge < -0.3 is 14.6 Å². The number of aromatic nitrogens is 1. The number of esters is 1. The Morgan fingerprint density at radius 2 is 1.92 bits per heavy atom. The van der Waals surface area contributed by atoms with Gasteiger partial charge in [-0.05, 0) is 37.5 Å². The summed E-state index contributed by atoms with van der Waals surface area (Å²) < 4.78 is 10.1. The van der Waals surface area contributed by atoms with Gasteiger partial charge in [0.15, 0.2) is 6.61 Å². The molecule has 0 aliphatic carbocycles. The number of carbonyl (C=O) groups excluding carboxylic acids is 2. The van der Waals surface area contributed by atoms with Crippen LogP contribution >= 0.6 is 11.8 Å². The minimum atomic E-state index is -0.424. The molecule has 1 amide bonds. The molecule has 7 heteroatoms. The molecule has 1 aromatic carbocycles. The molecule has 6 nitrogen and oxygen atoms in total. The number of rotatable bonds is 8. The van der Waals surface area contributed by atoms with E-state index in [1.165, 1.54) is 17.3 Å². The van der Waals surface area contributed by atoms with E-state index in [1.807, 2.05) is 38.1 Å². The van der Waals surface area contributed by atoms with E-state index in [0.717, 1.165) is 17.0 Å². The van der Waals surface area contributed by atoms with Crippen molar-refractivity contribution < 1.29 is 18.8 Å². The second kappa shape index (κ2) is 9.43. The Bertz CT molecular complexity index is 734. The number of nitrogens with one attached hydrogen (secondary N) is 1. The highest BCUT2D eigenvalue weighted by Gasteiger charge is 2.12. The molecule has 1 heterocycles. The number of carbonyl (C=O) groups is 2. The van der Waals surface area contributed by atoms with Gasteiger partial charge in [-0.25, -0.2) is 0 Å². The number of ether oxygens (including phenoxy) is 1. The van der Waals surface area contributed by atoms with E-state index in [9.17, 15) is 9.59 Å². The quantitative estimate of drug-likeness (QED) is 0.705. The highest BCUT2D eigenvalue weighted by atomic mass is 32.2. The van der Waals surface area contributed by atoms with Gasteiger partial charge in [0, 0.05) is 17.0 Å². The fourth-order valence-electron chi connectivity index (χ4n) is 2.28. The van der Waals surface area contributed by atoms with E-state index in [0.29, 0.717) is 17.4 Å². The molecule has 0 atom stereocenters. The zero-order valence-electron chi connectivity index (χ0n) is 15.5. The second-order valence-electron chi connectivity index (χ2n) is 6.28. The number of hydrogen-bond donors (Lipinski definition) is 1. The average Bonchev–Trinajstić information content (AvgIpc) is 2.92. The molecule has 0 aliphatic heterocycles. The van der Waals surface area contributed by atoms with E-state index in [4.69, 9.17) is 9.26 Å². The number of anilines is 1. The lowest BCUT2D eigenvalue weighted by molar-refractivity contribution is -0.144. The zero-order valence-corrected chi connectivity index (χ0v) is 16.3. The Morgan fingerprint density at radius 1 is 1.23 bits per heavy atom. The van der Waals surface area contributed by atoms with E-state index in [-0.39, 0.29) is 18.3 Å².